The molecule has 1 aromatic rings. The maximum absolute atomic E-state index is 14.2. The van der Waals surface area contributed by atoms with Crippen LogP contribution in [-0.2, 0) is 0 Å². The lowest BCUT2D eigenvalue weighted by atomic mass is 9.91. The van der Waals surface area contributed by atoms with Crippen molar-refractivity contribution in [3.05, 3.63) is 29.6 Å². The van der Waals surface area contributed by atoms with Gasteiger partial charge >= 0.3 is 0 Å². The summed E-state index contributed by atoms with van der Waals surface area (Å²) in [6, 6.07) is 5.02. The van der Waals surface area contributed by atoms with Crippen LogP contribution in [0.1, 0.15) is 32.3 Å². The molecular formula is C14H20FN3O. The summed E-state index contributed by atoms with van der Waals surface area (Å²) in [7, 11) is 0. The second-order valence-corrected chi connectivity index (χ2v) is 5.20. The van der Waals surface area contributed by atoms with E-state index < -0.39 is 0 Å². The van der Waals surface area contributed by atoms with Crippen LogP contribution < -0.4 is 10.6 Å². The third-order valence-corrected chi connectivity index (χ3v) is 4.03. The smallest absolute Gasteiger partial charge is 0.170 e. The number of oxime groups is 1. The van der Waals surface area contributed by atoms with E-state index in [0.29, 0.717) is 23.2 Å². The number of piperidine rings is 1. The molecule has 0 bridgehead atoms. The van der Waals surface area contributed by atoms with Gasteiger partial charge in [0.15, 0.2) is 5.84 Å². The summed E-state index contributed by atoms with van der Waals surface area (Å²) < 4.78 is 14.2. The van der Waals surface area contributed by atoms with Crippen molar-refractivity contribution in [1.82, 2.24) is 0 Å². The Morgan fingerprint density at radius 2 is 2.21 bits per heavy atom. The number of nitrogens with zero attached hydrogens (tertiary/aromatic N) is 2. The largest absolute Gasteiger partial charge is 0.409 e. The van der Waals surface area contributed by atoms with E-state index in [0.717, 1.165) is 13.0 Å². The first kappa shape index (κ1) is 13.6. The summed E-state index contributed by atoms with van der Waals surface area (Å²) in [5, 5.41) is 11.5. The van der Waals surface area contributed by atoms with Crippen LogP contribution in [0.2, 0.25) is 0 Å². The molecule has 1 aliphatic heterocycles. The van der Waals surface area contributed by atoms with Gasteiger partial charge in [-0.25, -0.2) is 4.39 Å². The van der Waals surface area contributed by atoms with Crippen LogP contribution in [0.5, 0.6) is 0 Å². The Hall–Kier alpha value is -1.78. The molecule has 0 aliphatic carbocycles. The molecule has 3 N–H and O–H groups in total. The van der Waals surface area contributed by atoms with Gasteiger partial charge in [-0.2, -0.15) is 0 Å². The van der Waals surface area contributed by atoms with Gasteiger partial charge < -0.3 is 15.8 Å². The molecule has 4 nitrogen and oxygen atoms in total. The van der Waals surface area contributed by atoms with E-state index in [4.69, 9.17) is 10.9 Å². The average Bonchev–Trinajstić information content (AvgIpc) is 2.41. The molecule has 0 spiro atoms. The number of hydrogen-bond acceptors (Lipinski definition) is 3. The molecule has 1 heterocycles. The van der Waals surface area contributed by atoms with Crippen molar-refractivity contribution in [1.29, 1.82) is 0 Å². The predicted molar refractivity (Wildman–Crippen MR) is 74.1 cm³/mol. The van der Waals surface area contributed by atoms with Crippen molar-refractivity contribution < 1.29 is 9.60 Å². The fraction of sp³-hybridized carbons (Fsp3) is 0.500. The zero-order chi connectivity index (χ0) is 14.0. The van der Waals surface area contributed by atoms with Crippen LogP contribution in [0.25, 0.3) is 0 Å². The molecule has 1 saturated heterocycles. The van der Waals surface area contributed by atoms with E-state index in [-0.39, 0.29) is 11.7 Å². The molecule has 2 rings (SSSR count). The zero-order valence-electron chi connectivity index (χ0n) is 11.3. The molecule has 2 atom stereocenters. The molecule has 0 radical (unpaired) electrons. The molecule has 1 aromatic carbocycles. The van der Waals surface area contributed by atoms with Gasteiger partial charge in [0.1, 0.15) is 5.82 Å². The third kappa shape index (κ3) is 2.64. The van der Waals surface area contributed by atoms with Crippen LogP contribution in [-0.4, -0.2) is 23.6 Å². The summed E-state index contributed by atoms with van der Waals surface area (Å²) >= 11 is 0. The van der Waals surface area contributed by atoms with E-state index in [1.54, 1.807) is 12.1 Å². The Bertz CT molecular complexity index is 490. The summed E-state index contributed by atoms with van der Waals surface area (Å²) in [5.74, 6) is 0.146. The molecule has 104 valence electrons. The Morgan fingerprint density at radius 3 is 2.84 bits per heavy atom. The molecule has 5 heteroatoms. The number of anilines is 1. The minimum absolute atomic E-state index is 0.0782. The number of amidine groups is 1. The third-order valence-electron chi connectivity index (χ3n) is 4.03. The normalized spacial score (nSPS) is 24.6. The molecule has 2 unspecified atom stereocenters. The number of halogens is 1. The van der Waals surface area contributed by atoms with Crippen molar-refractivity contribution in [2.75, 3.05) is 11.4 Å². The lowest BCUT2D eigenvalue weighted by Crippen LogP contribution is -2.42. The van der Waals surface area contributed by atoms with Crippen LogP contribution in [0.3, 0.4) is 0 Å². The lowest BCUT2D eigenvalue weighted by Gasteiger charge is -2.39. The molecule has 0 aromatic heterocycles. The van der Waals surface area contributed by atoms with Gasteiger partial charge in [0.25, 0.3) is 0 Å². The number of nitrogens with two attached hydrogens (primary N) is 1. The molecule has 1 aliphatic rings. The molecule has 1 fully saturated rings. The standard InChI is InChI=1S/C14H20FN3O/c1-9-4-3-7-18(10(9)2)13-6-5-11(8-12(13)15)14(16)17-19/h5-6,8-10,19H,3-4,7H2,1-2H3,(H2,16,17). The van der Waals surface area contributed by atoms with Gasteiger partial charge in [-0.15, -0.1) is 0 Å². The van der Waals surface area contributed by atoms with Crippen LogP contribution in [0.15, 0.2) is 23.4 Å². The van der Waals surface area contributed by atoms with E-state index >= 15 is 0 Å². The second kappa shape index (κ2) is 5.47. The van der Waals surface area contributed by atoms with Gasteiger partial charge in [-0.1, -0.05) is 12.1 Å². The van der Waals surface area contributed by atoms with E-state index in [1.165, 1.54) is 12.5 Å². The van der Waals surface area contributed by atoms with Crippen molar-refractivity contribution in [2.24, 2.45) is 16.8 Å². The van der Waals surface area contributed by atoms with Crippen molar-refractivity contribution in [3.63, 3.8) is 0 Å². The SMILES string of the molecule is CC1CCCN(c2ccc(C(N)=NO)cc2F)C1C. The highest BCUT2D eigenvalue weighted by Crippen LogP contribution is 2.30. The van der Waals surface area contributed by atoms with Crippen molar-refractivity contribution in [2.45, 2.75) is 32.7 Å². The minimum atomic E-state index is -0.329. The minimum Gasteiger partial charge on any atom is -0.409 e. The van der Waals surface area contributed by atoms with Gasteiger partial charge in [-0.05, 0) is 43.9 Å². The molecule has 0 saturated carbocycles. The predicted octanol–water partition coefficient (Wildman–Crippen LogP) is 2.55. The van der Waals surface area contributed by atoms with Gasteiger partial charge in [0.05, 0.1) is 5.69 Å². The average molecular weight is 265 g/mol. The van der Waals surface area contributed by atoms with Crippen LogP contribution in [0, 0.1) is 11.7 Å². The Labute approximate surface area is 112 Å². The maximum Gasteiger partial charge on any atom is 0.170 e. The van der Waals surface area contributed by atoms with Crippen molar-refractivity contribution in [3.8, 4) is 0 Å². The fourth-order valence-corrected chi connectivity index (χ4v) is 2.63. The number of hydrogen-bond donors (Lipinski definition) is 2. The number of rotatable bonds is 2. The van der Waals surface area contributed by atoms with E-state index in [9.17, 15) is 4.39 Å². The van der Waals surface area contributed by atoms with E-state index in [1.807, 2.05) is 0 Å². The quantitative estimate of drug-likeness (QED) is 0.374. The monoisotopic (exact) mass is 265 g/mol. The summed E-state index contributed by atoms with van der Waals surface area (Å²) in [5.41, 5.74) is 6.44. The van der Waals surface area contributed by atoms with Gasteiger partial charge in [0.2, 0.25) is 0 Å². The Balaban J connectivity index is 2.30. The van der Waals surface area contributed by atoms with Crippen LogP contribution in [0.4, 0.5) is 10.1 Å². The summed E-state index contributed by atoms with van der Waals surface area (Å²) in [4.78, 5) is 2.10. The first-order valence-corrected chi connectivity index (χ1v) is 6.58. The number of benzene rings is 1. The lowest BCUT2D eigenvalue weighted by molar-refractivity contribution is 0.318. The van der Waals surface area contributed by atoms with Crippen molar-refractivity contribution >= 4 is 11.5 Å². The zero-order valence-corrected chi connectivity index (χ0v) is 11.3. The second-order valence-electron chi connectivity index (χ2n) is 5.20. The highest BCUT2D eigenvalue weighted by Gasteiger charge is 2.26. The van der Waals surface area contributed by atoms with E-state index in [2.05, 4.69) is 23.9 Å². The Kier molecular flexibility index (Phi) is 3.93. The van der Waals surface area contributed by atoms with Crippen LogP contribution >= 0.6 is 0 Å². The first-order chi connectivity index (χ1) is 9.04. The Morgan fingerprint density at radius 1 is 1.47 bits per heavy atom. The summed E-state index contributed by atoms with van der Waals surface area (Å²) in [6.45, 7) is 5.19. The first-order valence-electron chi connectivity index (χ1n) is 6.58. The molecule has 19 heavy (non-hydrogen) atoms. The maximum atomic E-state index is 14.2. The molecular weight excluding hydrogens is 245 g/mol. The van der Waals surface area contributed by atoms with Gasteiger partial charge in [-0.3, -0.25) is 0 Å². The molecule has 0 amide bonds. The highest BCUT2D eigenvalue weighted by atomic mass is 19.1. The van der Waals surface area contributed by atoms with Gasteiger partial charge in [0, 0.05) is 18.2 Å². The fourth-order valence-electron chi connectivity index (χ4n) is 2.63. The highest BCUT2D eigenvalue weighted by molar-refractivity contribution is 5.97. The summed E-state index contributed by atoms with van der Waals surface area (Å²) in [6.07, 6.45) is 2.26. The topological polar surface area (TPSA) is 61.8 Å².